The summed E-state index contributed by atoms with van der Waals surface area (Å²) in [6.07, 6.45) is 4.79. The fraction of sp³-hybridized carbons (Fsp3) is 0.429. The first kappa shape index (κ1) is 11.3. The van der Waals surface area contributed by atoms with Gasteiger partial charge in [-0.1, -0.05) is 0 Å². The molecule has 1 aromatic rings. The van der Waals surface area contributed by atoms with Gasteiger partial charge in [-0.2, -0.15) is 0 Å². The first-order chi connectivity index (χ1) is 6.95. The first-order valence-corrected chi connectivity index (χ1v) is 14.5. The molecule has 0 aliphatic heterocycles. The minimum absolute atomic E-state index is 0.443. The SMILES string of the molecule is Cc1cc2c(cc1C)[C](C)([Hf]([CH3])[CH3])C=C2. The summed E-state index contributed by atoms with van der Waals surface area (Å²) in [6.45, 7) is 6.87. The van der Waals surface area contributed by atoms with Crippen molar-refractivity contribution in [2.45, 2.75) is 33.3 Å². The van der Waals surface area contributed by atoms with Crippen LogP contribution < -0.4 is 0 Å². The Balaban J connectivity index is 2.61. The van der Waals surface area contributed by atoms with Gasteiger partial charge in [-0.05, 0) is 0 Å². The number of benzene rings is 1. The average Bonchev–Trinajstić information content (AvgIpc) is 2.47. The Morgan fingerprint density at radius 1 is 1.07 bits per heavy atom. The van der Waals surface area contributed by atoms with E-state index in [0.717, 1.165) is 0 Å². The normalized spacial score (nSPS) is 23.0. The van der Waals surface area contributed by atoms with Gasteiger partial charge in [-0.15, -0.1) is 0 Å². The number of hydrogen-bond acceptors (Lipinski definition) is 0. The fourth-order valence-electron chi connectivity index (χ4n) is 2.21. The Bertz CT molecular complexity index is 429. The predicted molar refractivity (Wildman–Crippen MR) is 64.0 cm³/mol. The summed E-state index contributed by atoms with van der Waals surface area (Å²) in [5.41, 5.74) is 5.92. The van der Waals surface area contributed by atoms with Crippen molar-refractivity contribution in [1.29, 1.82) is 0 Å². The molecule has 1 heteroatoms. The van der Waals surface area contributed by atoms with E-state index >= 15 is 0 Å². The Morgan fingerprint density at radius 3 is 2.27 bits per heavy atom. The number of allylic oxidation sites excluding steroid dienone is 1. The summed E-state index contributed by atoms with van der Waals surface area (Å²) >= 11 is -1.42. The van der Waals surface area contributed by atoms with E-state index in [9.17, 15) is 0 Å². The third kappa shape index (κ3) is 1.69. The molecule has 0 fully saturated rings. The molecule has 0 saturated heterocycles. The maximum atomic E-state index is 2.51. The Labute approximate surface area is 101 Å². The zero-order valence-corrected chi connectivity index (χ0v) is 13.9. The second kappa shape index (κ2) is 3.69. The van der Waals surface area contributed by atoms with Crippen LogP contribution in [-0.2, 0) is 24.6 Å². The number of fused-ring (bicyclic) bond motifs is 1. The van der Waals surface area contributed by atoms with Gasteiger partial charge in [-0.3, -0.25) is 0 Å². The molecular weight excluding hydrogens is 347 g/mol. The predicted octanol–water partition coefficient (Wildman–Crippen LogP) is 4.26. The molecule has 0 saturated carbocycles. The summed E-state index contributed by atoms with van der Waals surface area (Å²) in [4.78, 5) is 0. The third-order valence-electron chi connectivity index (χ3n) is 3.86. The molecule has 2 rings (SSSR count). The molecule has 0 radical (unpaired) electrons. The molecule has 15 heavy (non-hydrogen) atoms. The van der Waals surface area contributed by atoms with E-state index < -0.39 is 21.4 Å². The van der Waals surface area contributed by atoms with Gasteiger partial charge in [0.1, 0.15) is 0 Å². The van der Waals surface area contributed by atoms with E-state index in [-0.39, 0.29) is 0 Å². The maximum absolute atomic E-state index is 2.51. The van der Waals surface area contributed by atoms with E-state index in [2.05, 4.69) is 54.4 Å². The van der Waals surface area contributed by atoms with Crippen molar-refractivity contribution in [3.05, 3.63) is 40.5 Å². The summed E-state index contributed by atoms with van der Waals surface area (Å²) in [5.74, 6) is 0. The number of aryl methyl sites for hydroxylation is 2. The molecule has 0 N–H and O–H groups in total. The molecule has 79 valence electrons. The number of rotatable bonds is 1. The van der Waals surface area contributed by atoms with Crippen LogP contribution in [0.1, 0.15) is 29.2 Å². The molecule has 1 aliphatic rings. The molecule has 1 atom stereocenters. The van der Waals surface area contributed by atoms with Crippen molar-refractivity contribution >= 4 is 6.08 Å². The van der Waals surface area contributed by atoms with E-state index in [4.69, 9.17) is 0 Å². The van der Waals surface area contributed by atoms with Gasteiger partial charge in [0.25, 0.3) is 0 Å². The van der Waals surface area contributed by atoms with E-state index in [1.165, 1.54) is 16.7 Å². The van der Waals surface area contributed by atoms with Crippen LogP contribution in [0.2, 0.25) is 9.36 Å². The quantitative estimate of drug-likeness (QED) is 0.652. The van der Waals surface area contributed by atoms with E-state index in [1.807, 2.05) is 0 Å². The molecule has 1 unspecified atom stereocenters. The van der Waals surface area contributed by atoms with Gasteiger partial charge in [0, 0.05) is 0 Å². The molecule has 1 aromatic carbocycles. The van der Waals surface area contributed by atoms with E-state index in [0.29, 0.717) is 3.17 Å². The van der Waals surface area contributed by atoms with Crippen molar-refractivity contribution in [3.8, 4) is 0 Å². The zero-order valence-electron chi connectivity index (χ0n) is 10.3. The average molecular weight is 366 g/mol. The van der Waals surface area contributed by atoms with Gasteiger partial charge in [0.2, 0.25) is 0 Å². The summed E-state index contributed by atoms with van der Waals surface area (Å²) in [5, 5.41) is 0. The van der Waals surface area contributed by atoms with Gasteiger partial charge >= 0.3 is 101 Å². The molecule has 0 aromatic heterocycles. The molecule has 0 amide bonds. The summed E-state index contributed by atoms with van der Waals surface area (Å²) in [6, 6.07) is 4.77. The van der Waals surface area contributed by atoms with Crippen molar-refractivity contribution in [2.75, 3.05) is 0 Å². The van der Waals surface area contributed by atoms with Crippen LogP contribution in [0.15, 0.2) is 18.2 Å². The van der Waals surface area contributed by atoms with Gasteiger partial charge in [-0.25, -0.2) is 0 Å². The monoisotopic (exact) mass is 367 g/mol. The van der Waals surface area contributed by atoms with Crippen LogP contribution >= 0.6 is 0 Å². The fourth-order valence-corrected chi connectivity index (χ4v) is 6.42. The van der Waals surface area contributed by atoms with Crippen LogP contribution in [-0.4, -0.2) is 0 Å². The molecule has 0 bridgehead atoms. The number of hydrogen-bond donors (Lipinski definition) is 0. The van der Waals surface area contributed by atoms with Crippen molar-refractivity contribution in [2.24, 2.45) is 0 Å². The first-order valence-electron chi connectivity index (χ1n) is 5.57. The Kier molecular flexibility index (Phi) is 2.79. The van der Waals surface area contributed by atoms with Crippen LogP contribution in [0.4, 0.5) is 0 Å². The van der Waals surface area contributed by atoms with Gasteiger partial charge in [0.05, 0.1) is 0 Å². The van der Waals surface area contributed by atoms with Crippen LogP contribution in [0.3, 0.4) is 0 Å². The molecule has 0 nitrogen and oxygen atoms in total. The minimum atomic E-state index is -1.42. The van der Waals surface area contributed by atoms with Crippen molar-refractivity contribution in [3.63, 3.8) is 0 Å². The zero-order chi connectivity index (χ0) is 11.2. The van der Waals surface area contributed by atoms with Gasteiger partial charge < -0.3 is 0 Å². The standard InChI is InChI=1S/C12H13.2CH3.Hf/c1-8-4-5-11-6-9(2)10(3)7-12(8)11;;;/h4-7H,1-3H3;2*1H3;. The van der Waals surface area contributed by atoms with Gasteiger partial charge in [0.15, 0.2) is 0 Å². The summed E-state index contributed by atoms with van der Waals surface area (Å²) in [7, 11) is 0. The van der Waals surface area contributed by atoms with Crippen molar-refractivity contribution < 1.29 is 21.4 Å². The molecule has 0 heterocycles. The topological polar surface area (TPSA) is 0 Å². The van der Waals surface area contributed by atoms with Crippen molar-refractivity contribution in [1.82, 2.24) is 0 Å². The summed E-state index contributed by atoms with van der Waals surface area (Å²) < 4.78 is 5.47. The van der Waals surface area contributed by atoms with Crippen LogP contribution in [0, 0.1) is 13.8 Å². The second-order valence-corrected chi connectivity index (χ2v) is 16.0. The molecule has 1 aliphatic carbocycles. The Hall–Kier alpha value is -0.170. The Morgan fingerprint density at radius 2 is 1.67 bits per heavy atom. The van der Waals surface area contributed by atoms with Crippen LogP contribution in [0.5, 0.6) is 0 Å². The second-order valence-electron chi connectivity index (χ2n) is 5.06. The molecule has 0 spiro atoms. The third-order valence-corrected chi connectivity index (χ3v) is 12.9. The molecular formula is C14H19Hf. The van der Waals surface area contributed by atoms with E-state index in [1.54, 1.807) is 5.56 Å². The van der Waals surface area contributed by atoms with Crippen LogP contribution in [0.25, 0.3) is 6.08 Å².